The molecule has 0 N–H and O–H groups in total. The van der Waals surface area contributed by atoms with E-state index in [0.29, 0.717) is 34.9 Å². The van der Waals surface area contributed by atoms with Crippen molar-refractivity contribution in [2.24, 2.45) is 0 Å². The van der Waals surface area contributed by atoms with Crippen LogP contribution in [0.1, 0.15) is 6.42 Å². The second-order valence-corrected chi connectivity index (χ2v) is 19.9. The molecule has 13 rings (SSSR count). The molecule has 0 fully saturated rings. The largest absolute Gasteiger partial charge is 0.207 e. The Morgan fingerprint density at radius 1 is 0.313 bits per heavy atom. The summed E-state index contributed by atoms with van der Waals surface area (Å²) in [6, 6.07) is 51.6. The number of allylic oxidation sites excluding steroid dienone is 2. The third kappa shape index (κ3) is 6.87. The lowest BCUT2D eigenvalue weighted by molar-refractivity contribution is 1.08. The molecule has 1 aliphatic carbocycles. The van der Waals surface area contributed by atoms with E-state index in [0.717, 1.165) is 102 Å². The van der Waals surface area contributed by atoms with Crippen LogP contribution in [0.25, 0.3) is 132 Å². The number of hydrogen-bond donors (Lipinski definition) is 0. The Kier molecular flexibility index (Phi) is 9.89. The molecule has 12 aromatic rings. The molecule has 10 heteroatoms. The monoisotopic (exact) mass is 930 g/mol. The highest BCUT2D eigenvalue weighted by atomic mass is 32.1. The van der Waals surface area contributed by atoms with Gasteiger partial charge in [0.1, 0.15) is 0 Å². The van der Waals surface area contributed by atoms with Gasteiger partial charge in [-0.25, -0.2) is 29.9 Å². The standard InChI is InChI=1S/C57H34N6S4/c1-2-16-36-40(17-3-1)50(56-60-52(44-26-12-30-64-44)58-53(61-56)45-27-13-31-65-45)41-23-9-6-20-37(41)48(36)34-18-4-5-19-35(34)49-38-21-7-10-24-42(38)51(43-25-11-8-22-39(43)49)57-62-54(46-28-14-32-66-46)59-55(63-57)47-29-15-33-67-47/h1-2,4-33H,3H2. The predicted octanol–water partition coefficient (Wildman–Crippen LogP) is 14.6. The van der Waals surface area contributed by atoms with Gasteiger partial charge in [0.15, 0.2) is 34.9 Å². The average Bonchev–Trinajstić information content (AvgIpc) is 4.25. The lowest BCUT2D eigenvalue weighted by atomic mass is 9.83. The maximum Gasteiger partial charge on any atom is 0.174 e. The summed E-state index contributed by atoms with van der Waals surface area (Å²) in [6.07, 6.45) is 9.80. The van der Waals surface area contributed by atoms with Gasteiger partial charge in [-0.1, -0.05) is 146 Å². The first kappa shape index (κ1) is 39.7. The Hall–Kier alpha value is -7.60. The summed E-state index contributed by atoms with van der Waals surface area (Å²) >= 11 is 6.55. The smallest absolute Gasteiger partial charge is 0.174 e. The zero-order valence-corrected chi connectivity index (χ0v) is 38.8. The van der Waals surface area contributed by atoms with Crippen molar-refractivity contribution in [3.8, 4) is 87.8 Å². The average molecular weight is 931 g/mol. The Morgan fingerprint density at radius 2 is 0.672 bits per heavy atom. The highest BCUT2D eigenvalue weighted by Gasteiger charge is 2.25. The second kappa shape index (κ2) is 16.7. The number of thiophene rings is 4. The molecular formula is C57H34N6S4. The number of benzene rings is 6. The first-order valence-corrected chi connectivity index (χ1v) is 25.4. The summed E-state index contributed by atoms with van der Waals surface area (Å²) < 4.78 is 0. The highest BCUT2D eigenvalue weighted by Crippen LogP contribution is 2.47. The molecule has 6 aromatic carbocycles. The minimum atomic E-state index is 0.653. The van der Waals surface area contributed by atoms with E-state index >= 15 is 0 Å². The summed E-state index contributed by atoms with van der Waals surface area (Å²) in [5.41, 5.74) is 6.59. The van der Waals surface area contributed by atoms with E-state index in [1.807, 2.05) is 24.3 Å². The van der Waals surface area contributed by atoms with Crippen LogP contribution in [-0.2, 0) is 0 Å². The molecule has 67 heavy (non-hydrogen) atoms. The lowest BCUT2D eigenvalue weighted by Gasteiger charge is -2.21. The fourth-order valence-corrected chi connectivity index (χ4v) is 12.1. The van der Waals surface area contributed by atoms with Gasteiger partial charge in [0.05, 0.1) is 19.5 Å². The van der Waals surface area contributed by atoms with Gasteiger partial charge in [0.2, 0.25) is 0 Å². The van der Waals surface area contributed by atoms with Crippen molar-refractivity contribution in [1.29, 1.82) is 0 Å². The Labute approximate surface area is 401 Å². The molecule has 0 spiro atoms. The van der Waals surface area contributed by atoms with Crippen LogP contribution in [0.4, 0.5) is 0 Å². The van der Waals surface area contributed by atoms with Crippen molar-refractivity contribution in [1.82, 2.24) is 29.9 Å². The van der Waals surface area contributed by atoms with Crippen LogP contribution in [0.15, 0.2) is 179 Å². The zero-order chi connectivity index (χ0) is 44.3. The maximum absolute atomic E-state index is 5.28. The fraction of sp³-hybridized carbons (Fsp3) is 0.0175. The van der Waals surface area contributed by atoms with Gasteiger partial charge in [0.25, 0.3) is 0 Å². The van der Waals surface area contributed by atoms with Crippen LogP contribution >= 0.6 is 45.3 Å². The van der Waals surface area contributed by atoms with E-state index in [-0.39, 0.29) is 0 Å². The van der Waals surface area contributed by atoms with Crippen molar-refractivity contribution < 1.29 is 0 Å². The quantitative estimate of drug-likeness (QED) is 0.141. The molecule has 6 heterocycles. The first-order valence-electron chi connectivity index (χ1n) is 21.9. The van der Waals surface area contributed by atoms with Crippen molar-refractivity contribution in [2.75, 3.05) is 0 Å². The topological polar surface area (TPSA) is 77.3 Å². The third-order valence-electron chi connectivity index (χ3n) is 12.2. The van der Waals surface area contributed by atoms with Crippen LogP contribution in [0, 0.1) is 0 Å². The van der Waals surface area contributed by atoms with E-state index < -0.39 is 0 Å². The van der Waals surface area contributed by atoms with Gasteiger partial charge in [-0.15, -0.1) is 45.3 Å². The van der Waals surface area contributed by atoms with Gasteiger partial charge in [-0.05, 0) is 117 Å². The Morgan fingerprint density at radius 3 is 1.10 bits per heavy atom. The van der Waals surface area contributed by atoms with E-state index in [4.69, 9.17) is 29.9 Å². The van der Waals surface area contributed by atoms with E-state index in [1.165, 1.54) is 0 Å². The molecule has 0 radical (unpaired) electrons. The van der Waals surface area contributed by atoms with Crippen molar-refractivity contribution >= 4 is 89.8 Å². The van der Waals surface area contributed by atoms with Crippen LogP contribution in [0.5, 0.6) is 0 Å². The summed E-state index contributed by atoms with van der Waals surface area (Å²) in [6.45, 7) is 0. The van der Waals surface area contributed by atoms with E-state index in [1.54, 1.807) is 45.3 Å². The molecule has 0 unspecified atom stereocenters. The second-order valence-electron chi connectivity index (χ2n) is 16.1. The van der Waals surface area contributed by atoms with Crippen molar-refractivity contribution in [3.05, 3.63) is 190 Å². The molecule has 0 saturated carbocycles. The van der Waals surface area contributed by atoms with Gasteiger partial charge < -0.3 is 0 Å². The summed E-state index contributed by atoms with van der Waals surface area (Å²) in [5, 5.41) is 17.1. The van der Waals surface area contributed by atoms with E-state index in [2.05, 4.69) is 167 Å². The molecule has 6 aromatic heterocycles. The Balaban J connectivity index is 1.09. The van der Waals surface area contributed by atoms with Crippen LogP contribution in [-0.4, -0.2) is 29.9 Å². The first-order chi connectivity index (χ1) is 33.2. The minimum absolute atomic E-state index is 0.653. The maximum atomic E-state index is 5.28. The number of rotatable bonds is 8. The Bertz CT molecular complexity index is 3850. The molecule has 0 bridgehead atoms. The molecule has 1 aliphatic rings. The van der Waals surface area contributed by atoms with Gasteiger partial charge in [0, 0.05) is 11.1 Å². The van der Waals surface area contributed by atoms with Crippen LogP contribution in [0.2, 0.25) is 0 Å². The molecule has 6 nitrogen and oxygen atoms in total. The predicted molar refractivity (Wildman–Crippen MR) is 283 cm³/mol. The van der Waals surface area contributed by atoms with Crippen molar-refractivity contribution in [2.45, 2.75) is 6.42 Å². The fourth-order valence-electron chi connectivity index (χ4n) is 9.44. The zero-order valence-electron chi connectivity index (χ0n) is 35.5. The molecule has 0 amide bonds. The van der Waals surface area contributed by atoms with Crippen LogP contribution < -0.4 is 10.4 Å². The van der Waals surface area contributed by atoms with Crippen molar-refractivity contribution in [3.63, 3.8) is 0 Å². The highest BCUT2D eigenvalue weighted by molar-refractivity contribution is 7.14. The third-order valence-corrected chi connectivity index (χ3v) is 15.7. The SMILES string of the molecule is C1=CCC=c2c(-c3nc(-c4cccs4)nc(-c4cccs4)n3)c3ccccc3c(-c3ccccc3-c3c4ccccc4c(-c4nc(-c5cccs5)nc(-c5cccs5)n4)c4ccccc34)c2=C1. The number of hydrogen-bond acceptors (Lipinski definition) is 10. The van der Waals surface area contributed by atoms with Crippen LogP contribution in [0.3, 0.4) is 0 Å². The van der Waals surface area contributed by atoms with Gasteiger partial charge >= 0.3 is 0 Å². The van der Waals surface area contributed by atoms with Gasteiger partial charge in [-0.3, -0.25) is 0 Å². The molecule has 316 valence electrons. The molecule has 0 saturated heterocycles. The van der Waals surface area contributed by atoms with E-state index in [9.17, 15) is 0 Å². The molecular weight excluding hydrogens is 897 g/mol. The molecule has 0 aliphatic heterocycles. The summed E-state index contributed by atoms with van der Waals surface area (Å²) in [7, 11) is 0. The van der Waals surface area contributed by atoms with Gasteiger partial charge in [-0.2, -0.15) is 0 Å². The summed E-state index contributed by atoms with van der Waals surface area (Å²) in [4.78, 5) is 35.1. The number of aromatic nitrogens is 6. The normalized spacial score (nSPS) is 12.3. The number of fused-ring (bicyclic) bond motifs is 4. The summed E-state index contributed by atoms with van der Waals surface area (Å²) in [5.74, 6) is 4.02. The lowest BCUT2D eigenvalue weighted by Crippen LogP contribution is -2.30. The number of nitrogens with zero attached hydrogens (tertiary/aromatic N) is 6. The minimum Gasteiger partial charge on any atom is -0.207 e. The molecule has 0 atom stereocenters.